The van der Waals surface area contributed by atoms with Gasteiger partial charge in [0.1, 0.15) is 0 Å². The van der Waals surface area contributed by atoms with Crippen LogP contribution in [0.5, 0.6) is 0 Å². The molecule has 0 radical (unpaired) electrons. The lowest BCUT2D eigenvalue weighted by molar-refractivity contribution is 0.0409. The summed E-state index contributed by atoms with van der Waals surface area (Å²) in [6.45, 7) is 8.16. The molecule has 0 aromatic rings. The van der Waals surface area contributed by atoms with E-state index in [9.17, 15) is 5.11 Å². The van der Waals surface area contributed by atoms with Crippen molar-refractivity contribution in [2.45, 2.75) is 51.7 Å². The van der Waals surface area contributed by atoms with Crippen LogP contribution in [0.4, 0.5) is 0 Å². The average molecular weight is 215 g/mol. The number of hydrogen-bond donors (Lipinski definition) is 1. The first kappa shape index (κ1) is 12.9. The Hall–Kier alpha value is -0.120. The maximum Gasteiger partial charge on any atom is 0.0667 e. The first-order chi connectivity index (χ1) is 7.22. The van der Waals surface area contributed by atoms with Crippen LogP contribution in [-0.4, -0.2) is 48.5 Å². The molecule has 2 atom stereocenters. The minimum Gasteiger partial charge on any atom is -0.392 e. The molecule has 1 heterocycles. The quantitative estimate of drug-likeness (QED) is 0.684. The lowest BCUT2D eigenvalue weighted by Gasteiger charge is -2.29. The highest BCUT2D eigenvalue weighted by Crippen LogP contribution is 2.10. The van der Waals surface area contributed by atoms with E-state index in [0.717, 1.165) is 51.9 Å². The van der Waals surface area contributed by atoms with E-state index in [1.54, 1.807) is 0 Å². The second kappa shape index (κ2) is 7.20. The van der Waals surface area contributed by atoms with E-state index >= 15 is 0 Å². The van der Waals surface area contributed by atoms with Crippen molar-refractivity contribution in [3.63, 3.8) is 0 Å². The zero-order valence-corrected chi connectivity index (χ0v) is 10.1. The summed E-state index contributed by atoms with van der Waals surface area (Å²) in [5, 5.41) is 9.49. The molecule has 0 amide bonds. The van der Waals surface area contributed by atoms with Crippen molar-refractivity contribution >= 4 is 0 Å². The molecule has 1 aliphatic heterocycles. The molecule has 1 N–H and O–H groups in total. The van der Waals surface area contributed by atoms with Crippen molar-refractivity contribution in [2.24, 2.45) is 0 Å². The van der Waals surface area contributed by atoms with Gasteiger partial charge in [-0.1, -0.05) is 6.92 Å². The largest absolute Gasteiger partial charge is 0.392 e. The smallest absolute Gasteiger partial charge is 0.0667 e. The van der Waals surface area contributed by atoms with Crippen molar-refractivity contribution in [1.29, 1.82) is 0 Å². The predicted octanol–water partition coefficient (Wildman–Crippen LogP) is 1.65. The van der Waals surface area contributed by atoms with E-state index in [1.165, 1.54) is 0 Å². The Kier molecular flexibility index (Phi) is 6.22. The van der Waals surface area contributed by atoms with Crippen LogP contribution < -0.4 is 0 Å². The lowest BCUT2D eigenvalue weighted by Crippen LogP contribution is -2.39. The molecule has 0 saturated carbocycles. The third kappa shape index (κ3) is 5.50. The van der Waals surface area contributed by atoms with E-state index in [1.807, 2.05) is 0 Å². The third-order valence-electron chi connectivity index (χ3n) is 3.08. The molecular formula is C12H25NO2. The monoisotopic (exact) mass is 215 g/mol. The Bertz CT molecular complexity index is 164. The summed E-state index contributed by atoms with van der Waals surface area (Å²) < 4.78 is 5.62. The van der Waals surface area contributed by atoms with Crippen LogP contribution >= 0.6 is 0 Å². The van der Waals surface area contributed by atoms with E-state index in [4.69, 9.17) is 4.74 Å². The van der Waals surface area contributed by atoms with Gasteiger partial charge in [0.05, 0.1) is 12.2 Å². The molecule has 0 aliphatic carbocycles. The number of β-amino-alcohol motifs (C(OH)–C–C–N with tert-alkyl or cyclic N) is 1. The van der Waals surface area contributed by atoms with Gasteiger partial charge in [-0.25, -0.2) is 0 Å². The second-order valence-electron chi connectivity index (χ2n) is 4.54. The molecule has 1 aliphatic rings. The molecule has 0 aromatic heterocycles. The molecule has 3 nitrogen and oxygen atoms in total. The fraction of sp³-hybridized carbons (Fsp3) is 1.00. The number of hydrogen-bond acceptors (Lipinski definition) is 3. The molecule has 1 unspecified atom stereocenters. The Balaban J connectivity index is 1.99. The van der Waals surface area contributed by atoms with Crippen molar-refractivity contribution in [3.8, 4) is 0 Å². The zero-order chi connectivity index (χ0) is 11.1. The highest BCUT2D eigenvalue weighted by Gasteiger charge is 2.16. The highest BCUT2D eigenvalue weighted by atomic mass is 16.5. The predicted molar refractivity (Wildman–Crippen MR) is 62.0 cm³/mol. The lowest BCUT2D eigenvalue weighted by atomic mass is 10.1. The summed E-state index contributed by atoms with van der Waals surface area (Å²) in [6, 6.07) is 0. The highest BCUT2D eigenvalue weighted by molar-refractivity contribution is 4.71. The molecule has 1 saturated heterocycles. The van der Waals surface area contributed by atoms with Crippen LogP contribution in [-0.2, 0) is 4.74 Å². The number of likely N-dealkylation sites (tertiary alicyclic amines) is 1. The van der Waals surface area contributed by atoms with Gasteiger partial charge < -0.3 is 14.7 Å². The molecular weight excluding hydrogens is 190 g/mol. The topological polar surface area (TPSA) is 32.7 Å². The number of aliphatic hydroxyl groups excluding tert-OH is 1. The van der Waals surface area contributed by atoms with Crippen LogP contribution in [0.1, 0.15) is 39.5 Å². The van der Waals surface area contributed by atoms with Gasteiger partial charge in [0, 0.05) is 19.7 Å². The fourth-order valence-corrected chi connectivity index (χ4v) is 1.92. The summed E-state index contributed by atoms with van der Waals surface area (Å²) in [6.07, 6.45) is 4.55. The normalized spacial score (nSPS) is 25.4. The Morgan fingerprint density at radius 1 is 1.53 bits per heavy atom. The Labute approximate surface area is 93.4 Å². The number of aliphatic hydroxyl groups is 1. The van der Waals surface area contributed by atoms with Gasteiger partial charge in [0.25, 0.3) is 0 Å². The molecule has 0 spiro atoms. The maximum atomic E-state index is 9.49. The van der Waals surface area contributed by atoms with E-state index in [-0.39, 0.29) is 6.10 Å². The van der Waals surface area contributed by atoms with Gasteiger partial charge in [-0.2, -0.15) is 0 Å². The summed E-state index contributed by atoms with van der Waals surface area (Å²) >= 11 is 0. The summed E-state index contributed by atoms with van der Waals surface area (Å²) in [4.78, 5) is 2.34. The zero-order valence-electron chi connectivity index (χ0n) is 10.1. The fourth-order valence-electron chi connectivity index (χ4n) is 1.92. The minimum atomic E-state index is -0.103. The molecule has 0 bridgehead atoms. The van der Waals surface area contributed by atoms with E-state index < -0.39 is 0 Å². The van der Waals surface area contributed by atoms with Gasteiger partial charge in [-0.05, 0) is 39.2 Å². The maximum absolute atomic E-state index is 9.49. The number of ether oxygens (including phenoxy) is 1. The SMILES string of the molecule is CCC(C)OCCCN1CCC[C@@H](O)C1. The van der Waals surface area contributed by atoms with Crippen molar-refractivity contribution in [3.05, 3.63) is 0 Å². The summed E-state index contributed by atoms with van der Waals surface area (Å²) in [7, 11) is 0. The van der Waals surface area contributed by atoms with Gasteiger partial charge in [0.15, 0.2) is 0 Å². The van der Waals surface area contributed by atoms with Gasteiger partial charge in [-0.3, -0.25) is 0 Å². The van der Waals surface area contributed by atoms with Gasteiger partial charge in [-0.15, -0.1) is 0 Å². The third-order valence-corrected chi connectivity index (χ3v) is 3.08. The average Bonchev–Trinajstić information content (AvgIpc) is 2.24. The molecule has 0 aromatic carbocycles. The van der Waals surface area contributed by atoms with Crippen LogP contribution in [0, 0.1) is 0 Å². The number of nitrogens with zero attached hydrogens (tertiary/aromatic N) is 1. The van der Waals surface area contributed by atoms with Crippen molar-refractivity contribution < 1.29 is 9.84 Å². The summed E-state index contributed by atoms with van der Waals surface area (Å²) in [5.41, 5.74) is 0. The van der Waals surface area contributed by atoms with Crippen molar-refractivity contribution in [2.75, 3.05) is 26.2 Å². The van der Waals surface area contributed by atoms with Crippen LogP contribution in [0.15, 0.2) is 0 Å². The standard InChI is InChI=1S/C12H25NO2/c1-3-11(2)15-9-5-8-13-7-4-6-12(14)10-13/h11-12,14H,3-10H2,1-2H3/t11?,12-/m1/s1. The Morgan fingerprint density at radius 3 is 3.00 bits per heavy atom. The minimum absolute atomic E-state index is 0.103. The molecule has 1 fully saturated rings. The number of piperidine rings is 1. The molecule has 3 heteroatoms. The first-order valence-electron chi connectivity index (χ1n) is 6.24. The van der Waals surface area contributed by atoms with E-state index in [0.29, 0.717) is 6.10 Å². The van der Waals surface area contributed by atoms with Crippen LogP contribution in [0.25, 0.3) is 0 Å². The van der Waals surface area contributed by atoms with Gasteiger partial charge >= 0.3 is 0 Å². The number of rotatable bonds is 6. The molecule has 1 rings (SSSR count). The Morgan fingerprint density at radius 2 is 2.33 bits per heavy atom. The van der Waals surface area contributed by atoms with Crippen molar-refractivity contribution in [1.82, 2.24) is 4.90 Å². The second-order valence-corrected chi connectivity index (χ2v) is 4.54. The van der Waals surface area contributed by atoms with E-state index in [2.05, 4.69) is 18.7 Å². The molecule has 90 valence electrons. The first-order valence-corrected chi connectivity index (χ1v) is 6.24. The van der Waals surface area contributed by atoms with Crippen LogP contribution in [0.3, 0.4) is 0 Å². The van der Waals surface area contributed by atoms with Gasteiger partial charge in [0.2, 0.25) is 0 Å². The molecule has 15 heavy (non-hydrogen) atoms. The van der Waals surface area contributed by atoms with Crippen LogP contribution in [0.2, 0.25) is 0 Å². The summed E-state index contributed by atoms with van der Waals surface area (Å²) in [5.74, 6) is 0.